The number of amides is 2. The summed E-state index contributed by atoms with van der Waals surface area (Å²) in [5.41, 5.74) is 2.98. The highest BCUT2D eigenvalue weighted by atomic mass is 16.2. The van der Waals surface area contributed by atoms with Crippen molar-refractivity contribution in [2.75, 3.05) is 18.4 Å². The van der Waals surface area contributed by atoms with E-state index in [2.05, 4.69) is 17.3 Å². The van der Waals surface area contributed by atoms with Gasteiger partial charge in [-0.05, 0) is 30.6 Å². The lowest BCUT2D eigenvalue weighted by molar-refractivity contribution is -0.0108. The lowest BCUT2D eigenvalue weighted by Crippen LogP contribution is -2.54. The summed E-state index contributed by atoms with van der Waals surface area (Å²) in [5, 5.41) is 7.63. The van der Waals surface area contributed by atoms with Crippen molar-refractivity contribution in [3.8, 4) is 11.3 Å². The van der Waals surface area contributed by atoms with Crippen LogP contribution in [0.5, 0.6) is 0 Å². The fourth-order valence-electron chi connectivity index (χ4n) is 4.31. The summed E-state index contributed by atoms with van der Waals surface area (Å²) >= 11 is 0. The molecule has 0 bridgehead atoms. The molecule has 1 aliphatic heterocycles. The van der Waals surface area contributed by atoms with Crippen molar-refractivity contribution in [1.29, 1.82) is 0 Å². The molecule has 4 rings (SSSR count). The highest BCUT2D eigenvalue weighted by Gasteiger charge is 2.46. The fraction of sp³-hybridized carbons (Fsp3) is 0.500. The van der Waals surface area contributed by atoms with Gasteiger partial charge < -0.3 is 10.2 Å². The molecule has 5 heteroatoms. The zero-order valence-electron chi connectivity index (χ0n) is 15.0. The number of anilines is 1. The van der Waals surface area contributed by atoms with Gasteiger partial charge in [-0.15, -0.1) is 0 Å². The maximum Gasteiger partial charge on any atom is 0.321 e. The van der Waals surface area contributed by atoms with Crippen LogP contribution in [0.3, 0.4) is 0 Å². The van der Waals surface area contributed by atoms with E-state index in [0.717, 1.165) is 42.4 Å². The summed E-state index contributed by atoms with van der Waals surface area (Å²) < 4.78 is 1.75. The number of carbonyl (C=O) groups excluding carboxylic acids is 1. The van der Waals surface area contributed by atoms with Crippen LogP contribution < -0.4 is 5.32 Å². The predicted molar refractivity (Wildman–Crippen MR) is 99.3 cm³/mol. The topological polar surface area (TPSA) is 50.2 Å². The van der Waals surface area contributed by atoms with Crippen LogP contribution in [0.15, 0.2) is 36.5 Å². The number of hydrogen-bond acceptors (Lipinski definition) is 2. The molecule has 1 aliphatic carbocycles. The number of benzene rings is 1. The third kappa shape index (κ3) is 2.92. The second-order valence-electron chi connectivity index (χ2n) is 7.69. The quantitative estimate of drug-likeness (QED) is 0.895. The summed E-state index contributed by atoms with van der Waals surface area (Å²) in [4.78, 5) is 14.9. The number of likely N-dealkylation sites (tertiary alicyclic amines) is 1. The maximum atomic E-state index is 12.9. The molecule has 2 amide bonds. The van der Waals surface area contributed by atoms with Gasteiger partial charge in [-0.25, -0.2) is 4.79 Å². The molecule has 2 heterocycles. The Morgan fingerprint density at radius 1 is 1.28 bits per heavy atom. The Kier molecular flexibility index (Phi) is 4.02. The van der Waals surface area contributed by atoms with Gasteiger partial charge in [-0.2, -0.15) is 5.10 Å². The van der Waals surface area contributed by atoms with E-state index in [4.69, 9.17) is 0 Å². The average Bonchev–Trinajstić information content (AvgIpc) is 2.95. The molecule has 2 fully saturated rings. The Morgan fingerprint density at radius 2 is 2.04 bits per heavy atom. The molecule has 1 spiro atoms. The number of urea groups is 1. The van der Waals surface area contributed by atoms with E-state index < -0.39 is 0 Å². The Hall–Kier alpha value is -2.30. The first-order valence-corrected chi connectivity index (χ1v) is 9.22. The second kappa shape index (κ2) is 6.21. The van der Waals surface area contributed by atoms with Gasteiger partial charge in [-0.1, -0.05) is 43.7 Å². The van der Waals surface area contributed by atoms with Gasteiger partial charge in [0.15, 0.2) is 0 Å². The van der Waals surface area contributed by atoms with Crippen LogP contribution in [0, 0.1) is 11.3 Å². The van der Waals surface area contributed by atoms with Gasteiger partial charge >= 0.3 is 6.03 Å². The van der Waals surface area contributed by atoms with E-state index in [9.17, 15) is 4.79 Å². The first-order valence-electron chi connectivity index (χ1n) is 9.22. The first-order chi connectivity index (χ1) is 12.1. The lowest BCUT2D eigenvalue weighted by atomic mass is 9.59. The molecular weight excluding hydrogens is 312 g/mol. The van der Waals surface area contributed by atoms with Crippen molar-refractivity contribution < 1.29 is 4.79 Å². The second-order valence-corrected chi connectivity index (χ2v) is 7.69. The third-order valence-corrected chi connectivity index (χ3v) is 6.14. The van der Waals surface area contributed by atoms with Crippen LogP contribution in [0.4, 0.5) is 10.5 Å². The van der Waals surface area contributed by atoms with Gasteiger partial charge in [0.25, 0.3) is 0 Å². The minimum absolute atomic E-state index is 0.00311. The minimum atomic E-state index is 0.00311. The Bertz CT molecular complexity index is 763. The Morgan fingerprint density at radius 3 is 2.72 bits per heavy atom. The van der Waals surface area contributed by atoms with Gasteiger partial charge in [0.05, 0.1) is 5.69 Å². The summed E-state index contributed by atoms with van der Waals surface area (Å²) in [6, 6.07) is 10.00. The van der Waals surface area contributed by atoms with Crippen molar-refractivity contribution >= 4 is 11.7 Å². The molecule has 1 saturated heterocycles. The number of piperidine rings is 1. The van der Waals surface area contributed by atoms with Crippen molar-refractivity contribution in [3.63, 3.8) is 0 Å². The van der Waals surface area contributed by atoms with Gasteiger partial charge in [0.2, 0.25) is 0 Å². The molecule has 2 aromatic rings. The fourth-order valence-corrected chi connectivity index (χ4v) is 4.31. The standard InChI is InChI=1S/C20H26N4O/c1-15-9-12-24(14-20(15)10-6-11-20)19(25)21-17-13-23(2)22-18(17)16-7-4-3-5-8-16/h3-5,7-8,13,15H,6,9-12,14H2,1-2H3,(H,21,25). The summed E-state index contributed by atoms with van der Waals surface area (Å²) in [6.45, 7) is 4.08. The molecule has 1 aromatic carbocycles. The van der Waals surface area contributed by atoms with Crippen molar-refractivity contribution in [1.82, 2.24) is 14.7 Å². The maximum absolute atomic E-state index is 12.9. The van der Waals surface area contributed by atoms with E-state index in [1.54, 1.807) is 4.68 Å². The monoisotopic (exact) mass is 338 g/mol. The molecule has 5 nitrogen and oxygen atoms in total. The van der Waals surface area contributed by atoms with E-state index >= 15 is 0 Å². The number of hydrogen-bond donors (Lipinski definition) is 1. The molecule has 1 atom stereocenters. The number of aromatic nitrogens is 2. The SMILES string of the molecule is CC1CCN(C(=O)Nc2cn(C)nc2-c2ccccc2)CC12CCC2. The molecule has 1 aromatic heterocycles. The highest BCUT2D eigenvalue weighted by molar-refractivity contribution is 5.93. The summed E-state index contributed by atoms with van der Waals surface area (Å²) in [6.07, 6.45) is 6.82. The van der Waals surface area contributed by atoms with Crippen LogP contribution >= 0.6 is 0 Å². The average molecular weight is 338 g/mol. The van der Waals surface area contributed by atoms with Crippen LogP contribution in [0.25, 0.3) is 11.3 Å². The van der Waals surface area contributed by atoms with Crippen molar-refractivity contribution in [2.24, 2.45) is 18.4 Å². The summed E-state index contributed by atoms with van der Waals surface area (Å²) in [7, 11) is 1.88. The Labute approximate surface area is 149 Å². The van der Waals surface area contributed by atoms with Crippen molar-refractivity contribution in [2.45, 2.75) is 32.6 Å². The molecule has 0 radical (unpaired) electrons. The molecule has 1 saturated carbocycles. The van der Waals surface area contributed by atoms with E-state index in [-0.39, 0.29) is 6.03 Å². The number of rotatable bonds is 2. The highest BCUT2D eigenvalue weighted by Crippen LogP contribution is 2.50. The van der Waals surface area contributed by atoms with Crippen LogP contribution in [0.1, 0.15) is 32.6 Å². The van der Waals surface area contributed by atoms with Crippen LogP contribution in [-0.2, 0) is 7.05 Å². The zero-order chi connectivity index (χ0) is 17.4. The molecular formula is C20H26N4O. The molecule has 25 heavy (non-hydrogen) atoms. The van der Waals surface area contributed by atoms with Gasteiger partial charge in [0.1, 0.15) is 5.69 Å². The van der Waals surface area contributed by atoms with Crippen LogP contribution in [-0.4, -0.2) is 33.8 Å². The normalized spacial score (nSPS) is 21.8. The summed E-state index contributed by atoms with van der Waals surface area (Å²) in [5.74, 6) is 0.726. The number of nitrogens with one attached hydrogen (secondary N) is 1. The number of carbonyl (C=O) groups is 1. The van der Waals surface area contributed by atoms with E-state index in [0.29, 0.717) is 5.41 Å². The van der Waals surface area contributed by atoms with E-state index in [1.807, 2.05) is 48.5 Å². The van der Waals surface area contributed by atoms with Crippen molar-refractivity contribution in [3.05, 3.63) is 36.5 Å². The number of nitrogens with zero attached hydrogens (tertiary/aromatic N) is 3. The molecule has 132 valence electrons. The first kappa shape index (κ1) is 16.2. The Balaban J connectivity index is 1.52. The largest absolute Gasteiger partial charge is 0.324 e. The molecule has 1 unspecified atom stereocenters. The number of aryl methyl sites for hydroxylation is 1. The van der Waals surface area contributed by atoms with Gasteiger partial charge in [-0.3, -0.25) is 4.68 Å². The smallest absolute Gasteiger partial charge is 0.321 e. The lowest BCUT2D eigenvalue weighted by Gasteiger charge is -2.52. The third-order valence-electron chi connectivity index (χ3n) is 6.14. The van der Waals surface area contributed by atoms with E-state index in [1.165, 1.54) is 19.3 Å². The molecule has 2 aliphatic rings. The minimum Gasteiger partial charge on any atom is -0.324 e. The van der Waals surface area contributed by atoms with Gasteiger partial charge in [0, 0.05) is 31.9 Å². The predicted octanol–water partition coefficient (Wildman–Crippen LogP) is 4.13. The molecule has 1 N–H and O–H groups in total. The zero-order valence-corrected chi connectivity index (χ0v) is 15.0. The van der Waals surface area contributed by atoms with Crippen LogP contribution in [0.2, 0.25) is 0 Å².